The van der Waals surface area contributed by atoms with Crippen LogP contribution in [0.15, 0.2) is 0 Å². The first-order chi connectivity index (χ1) is 3.71. The Morgan fingerprint density at radius 2 is 2.50 bits per heavy atom. The average molecular weight is 119 g/mol. The van der Waals surface area contributed by atoms with Crippen molar-refractivity contribution in [2.24, 2.45) is 0 Å². The summed E-state index contributed by atoms with van der Waals surface area (Å²) in [7, 11) is 0. The minimum Gasteiger partial charge on any atom is -0.386 e. The minimum atomic E-state index is -1.43. The monoisotopic (exact) mass is 119 g/mol. The van der Waals surface area contributed by atoms with Crippen LogP contribution in [0.3, 0.4) is 0 Å². The van der Waals surface area contributed by atoms with Gasteiger partial charge in [-0.1, -0.05) is 0 Å². The summed E-state index contributed by atoms with van der Waals surface area (Å²) < 4.78 is 4.36. The van der Waals surface area contributed by atoms with E-state index in [2.05, 4.69) is 4.74 Å². The van der Waals surface area contributed by atoms with Gasteiger partial charge in [0, 0.05) is 0 Å². The lowest BCUT2D eigenvalue weighted by molar-refractivity contribution is -0.565. The molecule has 0 amide bonds. The van der Waals surface area contributed by atoms with Gasteiger partial charge in [-0.25, -0.2) is 0 Å². The van der Waals surface area contributed by atoms with Gasteiger partial charge in [0.15, 0.2) is 6.61 Å². The van der Waals surface area contributed by atoms with Crippen molar-refractivity contribution >= 4 is 0 Å². The fourth-order valence-corrected chi connectivity index (χ4v) is 0.338. The fraction of sp³-hybridized carbons (Fsp3) is 1.00. The normalized spacial score (nSPS) is 34.6. The van der Waals surface area contributed by atoms with Gasteiger partial charge in [0.05, 0.1) is 4.92 Å². The summed E-state index contributed by atoms with van der Waals surface area (Å²) in [5.41, 5.74) is -1.43. The Labute approximate surface area is 45.0 Å². The Morgan fingerprint density at radius 1 is 2.00 bits per heavy atom. The molecule has 0 aromatic rings. The topological polar surface area (TPSA) is 75.9 Å². The summed E-state index contributed by atoms with van der Waals surface area (Å²) in [4.78, 5) is 9.22. The molecule has 1 heterocycles. The number of aliphatic hydroxyl groups excluding tert-OH is 1. The van der Waals surface area contributed by atoms with Crippen molar-refractivity contribution in [2.45, 2.75) is 5.72 Å². The number of nitrogens with zero attached hydrogens (tertiary/aromatic N) is 1. The molecular weight excluding hydrogens is 114 g/mol. The molecule has 0 bridgehead atoms. The van der Waals surface area contributed by atoms with E-state index in [1.807, 2.05) is 0 Å². The molecule has 1 aliphatic rings. The average Bonchev–Trinajstić information content (AvgIpc) is 2.44. The maximum absolute atomic E-state index is 9.84. The second-order valence-electron chi connectivity index (χ2n) is 1.65. The number of epoxide rings is 1. The van der Waals surface area contributed by atoms with Gasteiger partial charge in [0.25, 0.3) is 0 Å². The third-order valence-corrected chi connectivity index (χ3v) is 1.06. The third kappa shape index (κ3) is 0.560. The van der Waals surface area contributed by atoms with Crippen LogP contribution in [-0.2, 0) is 4.74 Å². The Morgan fingerprint density at radius 3 is 2.50 bits per heavy atom. The zero-order valence-electron chi connectivity index (χ0n) is 4.03. The zero-order valence-corrected chi connectivity index (χ0v) is 4.03. The maximum Gasteiger partial charge on any atom is 0.371 e. The minimum absolute atomic E-state index is 0.0382. The first kappa shape index (κ1) is 5.46. The Bertz CT molecular complexity index is 118. The standard InChI is InChI=1S/C3H5NO4/c5-1-3(2-8-3)4(6)7/h5H,1-2H2/t3-/m1/s1. The molecular formula is C3H5NO4. The van der Waals surface area contributed by atoms with E-state index in [4.69, 9.17) is 5.11 Å². The quantitative estimate of drug-likeness (QED) is 0.287. The van der Waals surface area contributed by atoms with Gasteiger partial charge in [-0.3, -0.25) is 10.1 Å². The van der Waals surface area contributed by atoms with Crippen LogP contribution in [0, 0.1) is 10.1 Å². The largest absolute Gasteiger partial charge is 0.386 e. The molecule has 1 atom stereocenters. The first-order valence-corrected chi connectivity index (χ1v) is 2.10. The Balaban J connectivity index is 2.53. The van der Waals surface area contributed by atoms with Gasteiger partial charge >= 0.3 is 5.72 Å². The van der Waals surface area contributed by atoms with Crippen LogP contribution in [0.2, 0.25) is 0 Å². The molecule has 0 radical (unpaired) electrons. The lowest BCUT2D eigenvalue weighted by atomic mass is 10.4. The van der Waals surface area contributed by atoms with Gasteiger partial charge in [0.1, 0.15) is 6.61 Å². The summed E-state index contributed by atoms with van der Waals surface area (Å²) in [6.45, 7) is -0.490. The van der Waals surface area contributed by atoms with Crippen LogP contribution < -0.4 is 0 Å². The summed E-state index contributed by atoms with van der Waals surface area (Å²) >= 11 is 0. The highest BCUT2D eigenvalue weighted by Gasteiger charge is 2.58. The summed E-state index contributed by atoms with van der Waals surface area (Å²) in [5, 5.41) is 18.1. The van der Waals surface area contributed by atoms with E-state index in [1.165, 1.54) is 0 Å². The number of hydrogen-bond donors (Lipinski definition) is 1. The summed E-state index contributed by atoms with van der Waals surface area (Å²) in [6.07, 6.45) is 0. The van der Waals surface area contributed by atoms with E-state index in [1.54, 1.807) is 0 Å². The molecule has 1 fully saturated rings. The smallest absolute Gasteiger partial charge is 0.371 e. The highest BCUT2D eigenvalue weighted by Crippen LogP contribution is 2.25. The second-order valence-corrected chi connectivity index (χ2v) is 1.65. The molecule has 0 aromatic heterocycles. The molecule has 46 valence electrons. The fourth-order valence-electron chi connectivity index (χ4n) is 0.338. The number of rotatable bonds is 2. The molecule has 1 rings (SSSR count). The highest BCUT2D eigenvalue weighted by atomic mass is 16.7. The van der Waals surface area contributed by atoms with Crippen LogP contribution in [0.4, 0.5) is 0 Å². The van der Waals surface area contributed by atoms with Gasteiger partial charge in [-0.2, -0.15) is 0 Å². The lowest BCUT2D eigenvalue weighted by Crippen LogP contribution is -2.27. The molecule has 1 saturated heterocycles. The van der Waals surface area contributed by atoms with Gasteiger partial charge in [-0.15, -0.1) is 0 Å². The lowest BCUT2D eigenvalue weighted by Gasteiger charge is -1.94. The van der Waals surface area contributed by atoms with Crippen molar-refractivity contribution in [3.8, 4) is 0 Å². The molecule has 5 nitrogen and oxygen atoms in total. The van der Waals surface area contributed by atoms with Crippen molar-refractivity contribution in [3.05, 3.63) is 10.1 Å². The number of hydrogen-bond acceptors (Lipinski definition) is 4. The van der Waals surface area contributed by atoms with E-state index >= 15 is 0 Å². The van der Waals surface area contributed by atoms with Gasteiger partial charge < -0.3 is 9.84 Å². The van der Waals surface area contributed by atoms with E-state index in [0.717, 1.165) is 0 Å². The van der Waals surface area contributed by atoms with E-state index in [0.29, 0.717) is 0 Å². The number of nitro groups is 1. The number of aliphatic hydroxyl groups is 1. The molecule has 1 N–H and O–H groups in total. The van der Waals surface area contributed by atoms with Crippen molar-refractivity contribution in [2.75, 3.05) is 13.2 Å². The van der Waals surface area contributed by atoms with Crippen molar-refractivity contribution in [1.29, 1.82) is 0 Å². The molecule has 8 heavy (non-hydrogen) atoms. The SMILES string of the molecule is O=[N+]([O-])[C@@]1(CO)CO1. The summed E-state index contributed by atoms with van der Waals surface area (Å²) in [6, 6.07) is 0. The molecule has 0 spiro atoms. The van der Waals surface area contributed by atoms with E-state index < -0.39 is 17.3 Å². The molecule has 0 aromatic carbocycles. The third-order valence-electron chi connectivity index (χ3n) is 1.06. The molecule has 1 aliphatic heterocycles. The molecule has 0 aliphatic carbocycles. The van der Waals surface area contributed by atoms with Crippen LogP contribution in [0.1, 0.15) is 0 Å². The van der Waals surface area contributed by atoms with Crippen molar-refractivity contribution in [1.82, 2.24) is 0 Å². The molecule has 0 unspecified atom stereocenters. The Hall–Kier alpha value is -0.680. The first-order valence-electron chi connectivity index (χ1n) is 2.10. The van der Waals surface area contributed by atoms with Crippen molar-refractivity contribution < 1.29 is 14.8 Å². The van der Waals surface area contributed by atoms with Crippen LogP contribution in [-0.4, -0.2) is 29.0 Å². The predicted molar refractivity (Wildman–Crippen MR) is 22.8 cm³/mol. The zero-order chi connectivity index (χ0) is 6.20. The second kappa shape index (κ2) is 1.40. The number of ether oxygens (including phenoxy) is 1. The van der Waals surface area contributed by atoms with E-state index in [-0.39, 0.29) is 6.61 Å². The van der Waals surface area contributed by atoms with Crippen LogP contribution >= 0.6 is 0 Å². The Kier molecular flexibility index (Phi) is 0.952. The maximum atomic E-state index is 9.84. The van der Waals surface area contributed by atoms with Crippen LogP contribution in [0.5, 0.6) is 0 Å². The predicted octanol–water partition coefficient (Wildman–Crippen LogP) is -1.02. The van der Waals surface area contributed by atoms with E-state index in [9.17, 15) is 10.1 Å². The van der Waals surface area contributed by atoms with Crippen LogP contribution in [0.25, 0.3) is 0 Å². The van der Waals surface area contributed by atoms with Gasteiger partial charge in [-0.05, 0) is 0 Å². The molecule has 0 saturated carbocycles. The highest BCUT2D eigenvalue weighted by molar-refractivity contribution is 4.78. The summed E-state index contributed by atoms with van der Waals surface area (Å²) in [5.74, 6) is 0. The van der Waals surface area contributed by atoms with Crippen molar-refractivity contribution in [3.63, 3.8) is 0 Å². The molecule has 5 heteroatoms. The van der Waals surface area contributed by atoms with Gasteiger partial charge in [0.2, 0.25) is 0 Å².